The lowest BCUT2D eigenvalue weighted by atomic mass is 9.81. The van der Waals surface area contributed by atoms with Crippen molar-refractivity contribution in [3.8, 4) is 0 Å². The molecule has 1 saturated heterocycles. The first-order valence-electron chi connectivity index (χ1n) is 10.7. The number of aryl methyl sites for hydroxylation is 1. The molecule has 5 rings (SSSR count). The summed E-state index contributed by atoms with van der Waals surface area (Å²) in [6.45, 7) is 2.51. The van der Waals surface area contributed by atoms with Crippen LogP contribution in [0, 0.1) is 12.8 Å². The molecule has 3 aromatic carbocycles. The Bertz CT molecular complexity index is 1270. The molecule has 0 bridgehead atoms. The number of halogens is 2. The Morgan fingerprint density at radius 3 is 2.06 bits per heavy atom. The molecule has 2 aliphatic rings. The smallest absolute Gasteiger partial charge is 0.207 e. The SMILES string of the molecule is Cc1ccc(S(=O)(=O)N2CC[C@@H]3[C@@H](c4ccc(Br)cc4)C(c4ccc(Br)cc4)=C[C@@H]32)cc1. The normalized spacial score (nSPS) is 23.2. The molecule has 0 saturated carbocycles. The largest absolute Gasteiger partial charge is 0.243 e. The van der Waals surface area contributed by atoms with Gasteiger partial charge in [-0.25, -0.2) is 8.42 Å². The molecule has 6 heteroatoms. The summed E-state index contributed by atoms with van der Waals surface area (Å²) in [4.78, 5) is 0.370. The van der Waals surface area contributed by atoms with Crippen LogP contribution in [0.4, 0.5) is 0 Å². The molecule has 3 atom stereocenters. The van der Waals surface area contributed by atoms with Gasteiger partial charge in [0.05, 0.1) is 4.90 Å². The molecule has 32 heavy (non-hydrogen) atoms. The number of benzene rings is 3. The van der Waals surface area contributed by atoms with Gasteiger partial charge in [0.25, 0.3) is 0 Å². The van der Waals surface area contributed by atoms with Gasteiger partial charge in [0, 0.05) is 27.4 Å². The molecular weight excluding hydrogens is 550 g/mol. The first kappa shape index (κ1) is 22.1. The van der Waals surface area contributed by atoms with E-state index in [0.29, 0.717) is 11.4 Å². The third-order valence-electron chi connectivity index (χ3n) is 6.60. The Morgan fingerprint density at radius 1 is 0.844 bits per heavy atom. The molecule has 0 unspecified atom stereocenters. The number of nitrogens with zero attached hydrogens (tertiary/aromatic N) is 1. The molecule has 1 fully saturated rings. The van der Waals surface area contributed by atoms with Crippen molar-refractivity contribution in [1.82, 2.24) is 4.31 Å². The number of hydrogen-bond donors (Lipinski definition) is 0. The third-order valence-corrected chi connectivity index (χ3v) is 9.57. The van der Waals surface area contributed by atoms with Gasteiger partial charge in [-0.15, -0.1) is 0 Å². The maximum Gasteiger partial charge on any atom is 0.243 e. The van der Waals surface area contributed by atoms with Crippen LogP contribution in [0.25, 0.3) is 5.57 Å². The number of hydrogen-bond acceptors (Lipinski definition) is 2. The summed E-state index contributed by atoms with van der Waals surface area (Å²) in [5.74, 6) is 0.377. The van der Waals surface area contributed by atoms with Gasteiger partial charge in [-0.3, -0.25) is 0 Å². The molecule has 0 amide bonds. The number of fused-ring (bicyclic) bond motifs is 1. The van der Waals surface area contributed by atoms with Crippen molar-refractivity contribution in [2.75, 3.05) is 6.54 Å². The molecule has 1 aliphatic carbocycles. The van der Waals surface area contributed by atoms with Crippen LogP contribution in [0.15, 0.2) is 92.7 Å². The van der Waals surface area contributed by atoms with Crippen LogP contribution in [-0.2, 0) is 10.0 Å². The molecule has 1 heterocycles. The second-order valence-corrected chi connectivity index (χ2v) is 12.3. The number of allylic oxidation sites excluding steroid dienone is 1. The van der Waals surface area contributed by atoms with Crippen molar-refractivity contribution in [3.05, 3.63) is 105 Å². The zero-order valence-corrected chi connectivity index (χ0v) is 21.6. The van der Waals surface area contributed by atoms with Crippen molar-refractivity contribution in [1.29, 1.82) is 0 Å². The van der Waals surface area contributed by atoms with Crippen molar-refractivity contribution >= 4 is 47.5 Å². The van der Waals surface area contributed by atoms with Gasteiger partial charge in [-0.1, -0.05) is 79.9 Å². The highest BCUT2D eigenvalue weighted by Crippen LogP contribution is 2.52. The van der Waals surface area contributed by atoms with E-state index in [1.165, 1.54) is 11.1 Å². The van der Waals surface area contributed by atoms with Crippen LogP contribution in [0.3, 0.4) is 0 Å². The van der Waals surface area contributed by atoms with Gasteiger partial charge < -0.3 is 0 Å². The summed E-state index contributed by atoms with van der Waals surface area (Å²) < 4.78 is 30.9. The Kier molecular flexibility index (Phi) is 5.91. The highest BCUT2D eigenvalue weighted by atomic mass is 79.9. The highest BCUT2D eigenvalue weighted by Gasteiger charge is 2.49. The molecule has 0 radical (unpaired) electrons. The summed E-state index contributed by atoms with van der Waals surface area (Å²) in [6, 6.07) is 23.8. The average Bonchev–Trinajstić information content (AvgIpc) is 3.35. The highest BCUT2D eigenvalue weighted by molar-refractivity contribution is 9.10. The van der Waals surface area contributed by atoms with Crippen LogP contribution < -0.4 is 0 Å². The molecule has 164 valence electrons. The first-order chi connectivity index (χ1) is 15.3. The minimum atomic E-state index is -3.56. The van der Waals surface area contributed by atoms with E-state index in [9.17, 15) is 8.42 Å². The maximum absolute atomic E-state index is 13.5. The van der Waals surface area contributed by atoms with E-state index in [4.69, 9.17) is 0 Å². The molecule has 0 N–H and O–H groups in total. The lowest BCUT2D eigenvalue weighted by Crippen LogP contribution is -2.35. The zero-order chi connectivity index (χ0) is 22.5. The van der Waals surface area contributed by atoms with Crippen LogP contribution in [-0.4, -0.2) is 25.3 Å². The summed E-state index contributed by atoms with van der Waals surface area (Å²) in [7, 11) is -3.56. The summed E-state index contributed by atoms with van der Waals surface area (Å²) in [5, 5.41) is 0. The molecule has 3 nitrogen and oxygen atoms in total. The number of sulfonamides is 1. The quantitative estimate of drug-likeness (QED) is 0.345. The van der Waals surface area contributed by atoms with Gasteiger partial charge in [-0.05, 0) is 72.4 Å². The van der Waals surface area contributed by atoms with Crippen LogP contribution in [0.2, 0.25) is 0 Å². The van der Waals surface area contributed by atoms with Crippen molar-refractivity contribution in [2.45, 2.75) is 30.2 Å². The Balaban J connectivity index is 1.58. The van der Waals surface area contributed by atoms with Crippen molar-refractivity contribution in [3.63, 3.8) is 0 Å². The van der Waals surface area contributed by atoms with E-state index in [1.54, 1.807) is 16.4 Å². The fraction of sp³-hybridized carbons (Fsp3) is 0.231. The Morgan fingerprint density at radius 2 is 1.44 bits per heavy atom. The molecular formula is C26H23Br2NO2S. The van der Waals surface area contributed by atoms with Crippen LogP contribution in [0.1, 0.15) is 29.0 Å². The Labute approximate surface area is 206 Å². The van der Waals surface area contributed by atoms with Crippen LogP contribution in [0.5, 0.6) is 0 Å². The average molecular weight is 573 g/mol. The second-order valence-electron chi connectivity index (χ2n) is 8.53. The fourth-order valence-corrected chi connectivity index (χ4v) is 7.20. The first-order valence-corrected chi connectivity index (χ1v) is 13.7. The van der Waals surface area contributed by atoms with Gasteiger partial charge >= 0.3 is 0 Å². The fourth-order valence-electron chi connectivity index (χ4n) is 5.04. The van der Waals surface area contributed by atoms with Crippen molar-refractivity contribution < 1.29 is 8.42 Å². The topological polar surface area (TPSA) is 37.4 Å². The van der Waals surface area contributed by atoms with Gasteiger partial charge in [0.2, 0.25) is 10.0 Å². The van der Waals surface area contributed by atoms with E-state index < -0.39 is 10.0 Å². The van der Waals surface area contributed by atoms with Gasteiger partial charge in [0.1, 0.15) is 0 Å². The third kappa shape index (κ3) is 3.92. The van der Waals surface area contributed by atoms with E-state index >= 15 is 0 Å². The summed E-state index contributed by atoms with van der Waals surface area (Å²) >= 11 is 7.06. The maximum atomic E-state index is 13.5. The van der Waals surface area contributed by atoms with Crippen molar-refractivity contribution in [2.24, 2.45) is 5.92 Å². The lowest BCUT2D eigenvalue weighted by Gasteiger charge is -2.25. The molecule has 1 aliphatic heterocycles. The van der Waals surface area contributed by atoms with E-state index in [1.807, 2.05) is 31.2 Å². The summed E-state index contributed by atoms with van der Waals surface area (Å²) in [6.07, 6.45) is 3.03. The summed E-state index contributed by atoms with van der Waals surface area (Å²) in [5.41, 5.74) is 4.63. The lowest BCUT2D eigenvalue weighted by molar-refractivity contribution is 0.393. The monoisotopic (exact) mass is 571 g/mol. The minimum Gasteiger partial charge on any atom is -0.207 e. The van der Waals surface area contributed by atoms with E-state index in [-0.39, 0.29) is 17.9 Å². The predicted octanol–water partition coefficient (Wildman–Crippen LogP) is 6.78. The number of rotatable bonds is 4. The van der Waals surface area contributed by atoms with E-state index in [0.717, 1.165) is 26.5 Å². The van der Waals surface area contributed by atoms with Gasteiger partial charge in [-0.2, -0.15) is 4.31 Å². The van der Waals surface area contributed by atoms with E-state index in [2.05, 4.69) is 74.3 Å². The zero-order valence-electron chi connectivity index (χ0n) is 17.6. The second kappa shape index (κ2) is 8.56. The van der Waals surface area contributed by atoms with Crippen LogP contribution >= 0.6 is 31.9 Å². The van der Waals surface area contributed by atoms with Gasteiger partial charge in [0.15, 0.2) is 0 Å². The standard InChI is InChI=1S/C26H23Br2NO2S/c1-17-2-12-22(13-3-17)32(30,31)29-15-14-23-25(29)16-24(18-4-8-20(27)9-5-18)26(23)19-6-10-21(28)11-7-19/h2-13,16,23,25-26H,14-15H2,1H3/t23-,25-,26+/m0/s1. The predicted molar refractivity (Wildman–Crippen MR) is 136 cm³/mol. The molecule has 0 spiro atoms. The minimum absolute atomic E-state index is 0.145. The Hall–Kier alpha value is -1.73. The molecule has 3 aromatic rings. The molecule has 0 aromatic heterocycles.